The van der Waals surface area contributed by atoms with Crippen molar-refractivity contribution in [1.29, 1.82) is 0 Å². The topological polar surface area (TPSA) is 94.2 Å². The predicted octanol–water partition coefficient (Wildman–Crippen LogP) is -1.31. The summed E-state index contributed by atoms with van der Waals surface area (Å²) in [6, 6.07) is 0. The maximum absolute atomic E-state index is 12.3. The molecule has 1 aromatic rings. The van der Waals surface area contributed by atoms with Gasteiger partial charge in [0.25, 0.3) is 10.2 Å². The molecule has 1 aromatic heterocycles. The van der Waals surface area contributed by atoms with Crippen LogP contribution in [0.3, 0.4) is 0 Å². The molecule has 18 heavy (non-hydrogen) atoms. The van der Waals surface area contributed by atoms with Crippen LogP contribution in [0.2, 0.25) is 0 Å². The van der Waals surface area contributed by atoms with Crippen molar-refractivity contribution in [2.24, 2.45) is 0 Å². The summed E-state index contributed by atoms with van der Waals surface area (Å²) in [5.41, 5.74) is 0. The largest absolute Gasteiger partial charge is 0.314 e. The number of nitrogens with zero attached hydrogens (tertiary/aromatic N) is 4. The molecule has 0 unspecified atom stereocenters. The SMILES string of the molecule is Cc1nc(CN(C)S(=O)(=O)N2CCNCC2)n[nH]1. The van der Waals surface area contributed by atoms with Gasteiger partial charge in [-0.3, -0.25) is 5.10 Å². The van der Waals surface area contributed by atoms with Gasteiger partial charge in [-0.15, -0.1) is 0 Å². The fraction of sp³-hybridized carbons (Fsp3) is 0.778. The standard InChI is InChI=1S/C9H18N6O2S/c1-8-11-9(13-12-8)7-14(2)18(16,17)15-5-3-10-4-6-15/h10H,3-7H2,1-2H3,(H,11,12,13). The van der Waals surface area contributed by atoms with E-state index in [-0.39, 0.29) is 6.54 Å². The Balaban J connectivity index is 2.04. The fourth-order valence-corrected chi connectivity index (χ4v) is 3.13. The number of aryl methyl sites for hydroxylation is 1. The van der Waals surface area contributed by atoms with E-state index in [4.69, 9.17) is 0 Å². The molecule has 1 aliphatic heterocycles. The molecule has 0 amide bonds. The van der Waals surface area contributed by atoms with Crippen LogP contribution in [0.15, 0.2) is 0 Å². The highest BCUT2D eigenvalue weighted by molar-refractivity contribution is 7.86. The lowest BCUT2D eigenvalue weighted by atomic mass is 10.4. The van der Waals surface area contributed by atoms with E-state index in [0.29, 0.717) is 37.8 Å². The number of aromatic amines is 1. The van der Waals surface area contributed by atoms with Crippen LogP contribution in [-0.2, 0) is 16.8 Å². The molecule has 102 valence electrons. The fourth-order valence-electron chi connectivity index (χ4n) is 1.81. The summed E-state index contributed by atoms with van der Waals surface area (Å²) < 4.78 is 27.3. The van der Waals surface area contributed by atoms with Crippen molar-refractivity contribution < 1.29 is 8.42 Å². The number of hydrogen-bond donors (Lipinski definition) is 2. The summed E-state index contributed by atoms with van der Waals surface area (Å²) in [7, 11) is -1.87. The molecule has 0 spiro atoms. The molecule has 0 aromatic carbocycles. The third-order valence-electron chi connectivity index (χ3n) is 2.80. The van der Waals surface area contributed by atoms with Gasteiger partial charge < -0.3 is 5.32 Å². The van der Waals surface area contributed by atoms with Crippen molar-refractivity contribution in [3.63, 3.8) is 0 Å². The monoisotopic (exact) mass is 274 g/mol. The summed E-state index contributed by atoms with van der Waals surface area (Å²) >= 11 is 0. The summed E-state index contributed by atoms with van der Waals surface area (Å²) in [6.07, 6.45) is 0. The van der Waals surface area contributed by atoms with Crippen molar-refractivity contribution in [2.45, 2.75) is 13.5 Å². The molecule has 9 heteroatoms. The average Bonchev–Trinajstić information content (AvgIpc) is 2.76. The minimum atomic E-state index is -3.42. The van der Waals surface area contributed by atoms with E-state index < -0.39 is 10.2 Å². The summed E-state index contributed by atoms with van der Waals surface area (Å²) in [4.78, 5) is 4.11. The van der Waals surface area contributed by atoms with E-state index in [2.05, 4.69) is 20.5 Å². The molecule has 0 radical (unpaired) electrons. The van der Waals surface area contributed by atoms with Gasteiger partial charge in [-0.1, -0.05) is 0 Å². The lowest BCUT2D eigenvalue weighted by Crippen LogP contribution is -2.50. The van der Waals surface area contributed by atoms with E-state index in [1.807, 2.05) is 0 Å². The van der Waals surface area contributed by atoms with Crippen molar-refractivity contribution in [2.75, 3.05) is 33.2 Å². The number of nitrogens with one attached hydrogen (secondary N) is 2. The Kier molecular flexibility index (Phi) is 3.95. The lowest BCUT2D eigenvalue weighted by Gasteiger charge is -2.30. The molecule has 2 rings (SSSR count). The molecular formula is C9H18N6O2S. The molecule has 0 atom stereocenters. The van der Waals surface area contributed by atoms with Gasteiger partial charge in [-0.25, -0.2) is 4.98 Å². The first-order chi connectivity index (χ1) is 8.50. The highest BCUT2D eigenvalue weighted by Crippen LogP contribution is 2.10. The second kappa shape index (κ2) is 5.31. The van der Waals surface area contributed by atoms with Crippen LogP contribution >= 0.6 is 0 Å². The zero-order valence-corrected chi connectivity index (χ0v) is 11.4. The Morgan fingerprint density at radius 2 is 2.06 bits per heavy atom. The van der Waals surface area contributed by atoms with Gasteiger partial charge >= 0.3 is 0 Å². The second-order valence-corrected chi connectivity index (χ2v) is 6.29. The van der Waals surface area contributed by atoms with Crippen LogP contribution in [0.5, 0.6) is 0 Å². The van der Waals surface area contributed by atoms with Gasteiger partial charge in [0.05, 0.1) is 6.54 Å². The summed E-state index contributed by atoms with van der Waals surface area (Å²) in [5.74, 6) is 1.16. The zero-order chi connectivity index (χ0) is 13.2. The molecule has 1 aliphatic rings. The van der Waals surface area contributed by atoms with E-state index >= 15 is 0 Å². The molecule has 2 N–H and O–H groups in total. The van der Waals surface area contributed by atoms with Gasteiger partial charge in [0.1, 0.15) is 5.82 Å². The van der Waals surface area contributed by atoms with Crippen molar-refractivity contribution in [3.05, 3.63) is 11.6 Å². The second-order valence-electron chi connectivity index (χ2n) is 4.25. The van der Waals surface area contributed by atoms with Crippen LogP contribution in [-0.4, -0.2) is 65.4 Å². The first kappa shape index (κ1) is 13.4. The molecule has 2 heterocycles. The van der Waals surface area contributed by atoms with E-state index in [1.165, 1.54) is 8.61 Å². The third kappa shape index (κ3) is 2.86. The molecule has 1 saturated heterocycles. The molecule has 0 bridgehead atoms. The van der Waals surface area contributed by atoms with Crippen molar-refractivity contribution in [1.82, 2.24) is 29.1 Å². The van der Waals surface area contributed by atoms with Crippen LogP contribution in [0, 0.1) is 6.92 Å². The number of piperazine rings is 1. The van der Waals surface area contributed by atoms with Gasteiger partial charge in [-0.2, -0.15) is 22.1 Å². The average molecular weight is 274 g/mol. The van der Waals surface area contributed by atoms with Crippen LogP contribution in [0.4, 0.5) is 0 Å². The zero-order valence-electron chi connectivity index (χ0n) is 10.5. The van der Waals surface area contributed by atoms with E-state index in [9.17, 15) is 8.42 Å². The van der Waals surface area contributed by atoms with Gasteiger partial charge in [0.2, 0.25) is 0 Å². The van der Waals surface area contributed by atoms with Crippen LogP contribution < -0.4 is 5.32 Å². The smallest absolute Gasteiger partial charge is 0.282 e. The van der Waals surface area contributed by atoms with E-state index in [1.54, 1.807) is 14.0 Å². The Morgan fingerprint density at radius 1 is 1.39 bits per heavy atom. The maximum Gasteiger partial charge on any atom is 0.282 e. The Labute approximate surface area is 107 Å². The Morgan fingerprint density at radius 3 is 2.61 bits per heavy atom. The van der Waals surface area contributed by atoms with Gasteiger partial charge in [0, 0.05) is 33.2 Å². The Bertz CT molecular complexity index is 493. The minimum absolute atomic E-state index is 0.177. The number of hydrogen-bond acceptors (Lipinski definition) is 5. The predicted molar refractivity (Wildman–Crippen MR) is 65.9 cm³/mol. The van der Waals surface area contributed by atoms with Crippen molar-refractivity contribution >= 4 is 10.2 Å². The first-order valence-corrected chi connectivity index (χ1v) is 7.20. The lowest BCUT2D eigenvalue weighted by molar-refractivity contribution is 0.322. The minimum Gasteiger partial charge on any atom is -0.314 e. The highest BCUT2D eigenvalue weighted by Gasteiger charge is 2.28. The molecule has 1 fully saturated rings. The molecular weight excluding hydrogens is 256 g/mol. The first-order valence-electron chi connectivity index (χ1n) is 5.80. The molecule has 8 nitrogen and oxygen atoms in total. The van der Waals surface area contributed by atoms with Crippen LogP contribution in [0.1, 0.15) is 11.6 Å². The normalized spacial score (nSPS) is 18.4. The molecule has 0 saturated carbocycles. The summed E-state index contributed by atoms with van der Waals surface area (Å²) in [6.45, 7) is 4.33. The van der Waals surface area contributed by atoms with Gasteiger partial charge in [0.15, 0.2) is 5.82 Å². The number of aromatic nitrogens is 3. The number of rotatable bonds is 4. The van der Waals surface area contributed by atoms with Crippen molar-refractivity contribution in [3.8, 4) is 0 Å². The maximum atomic E-state index is 12.3. The van der Waals surface area contributed by atoms with Crippen LogP contribution in [0.25, 0.3) is 0 Å². The van der Waals surface area contributed by atoms with E-state index in [0.717, 1.165) is 0 Å². The quantitative estimate of drug-likeness (QED) is 0.711. The Hall–Kier alpha value is -1.03. The highest BCUT2D eigenvalue weighted by atomic mass is 32.2. The number of H-pyrrole nitrogens is 1. The molecule has 0 aliphatic carbocycles. The van der Waals surface area contributed by atoms with Gasteiger partial charge in [-0.05, 0) is 6.92 Å². The summed E-state index contributed by atoms with van der Waals surface area (Å²) in [5, 5.41) is 9.76. The third-order valence-corrected chi connectivity index (χ3v) is 4.74.